The summed E-state index contributed by atoms with van der Waals surface area (Å²) in [6, 6.07) is 4.31. The number of piperidine rings is 1. The summed E-state index contributed by atoms with van der Waals surface area (Å²) in [7, 11) is 2.11. The molecule has 1 N–H and O–H groups in total. The van der Waals surface area contributed by atoms with Gasteiger partial charge in [-0.15, -0.1) is 0 Å². The van der Waals surface area contributed by atoms with Crippen LogP contribution in [-0.4, -0.2) is 77.7 Å². The molecule has 7 nitrogen and oxygen atoms in total. The van der Waals surface area contributed by atoms with Crippen molar-refractivity contribution in [2.45, 2.75) is 58.2 Å². The van der Waals surface area contributed by atoms with Crippen LogP contribution in [0.2, 0.25) is 0 Å². The highest BCUT2D eigenvalue weighted by molar-refractivity contribution is 5.74. The van der Waals surface area contributed by atoms with Crippen molar-refractivity contribution in [1.82, 2.24) is 24.6 Å². The largest absolute Gasteiger partial charge is 0.336 e. The Hall–Kier alpha value is -1.86. The van der Waals surface area contributed by atoms with Gasteiger partial charge in [0.25, 0.3) is 5.56 Å². The Bertz CT molecular complexity index is 814. The molecular formula is C23H37N5O2. The highest BCUT2D eigenvalue weighted by Gasteiger charge is 2.36. The molecule has 3 aliphatic rings. The molecule has 2 fully saturated rings. The van der Waals surface area contributed by atoms with Crippen LogP contribution in [-0.2, 0) is 13.1 Å². The second-order valence-electron chi connectivity index (χ2n) is 9.79. The second-order valence-corrected chi connectivity index (χ2v) is 9.79. The van der Waals surface area contributed by atoms with Crippen LogP contribution in [0.25, 0.3) is 0 Å². The molecule has 2 amide bonds. The number of fused-ring (bicyclic) bond motifs is 4. The molecule has 1 aromatic rings. The summed E-state index contributed by atoms with van der Waals surface area (Å²) in [5.41, 5.74) is 2.15. The van der Waals surface area contributed by atoms with E-state index in [2.05, 4.69) is 28.2 Å². The van der Waals surface area contributed by atoms with Crippen molar-refractivity contribution in [3.8, 4) is 0 Å². The maximum Gasteiger partial charge on any atom is 0.317 e. The summed E-state index contributed by atoms with van der Waals surface area (Å²) in [4.78, 5) is 32.4. The number of aromatic nitrogens is 1. The zero-order chi connectivity index (χ0) is 21.3. The van der Waals surface area contributed by atoms with E-state index >= 15 is 0 Å². The minimum absolute atomic E-state index is 0.0201. The van der Waals surface area contributed by atoms with Gasteiger partial charge in [-0.25, -0.2) is 4.79 Å². The van der Waals surface area contributed by atoms with E-state index in [4.69, 9.17) is 0 Å². The number of hydrogen-bond acceptors (Lipinski definition) is 4. The normalized spacial score (nSPS) is 23.8. The van der Waals surface area contributed by atoms with E-state index in [1.165, 1.54) is 25.9 Å². The lowest BCUT2D eigenvalue weighted by Gasteiger charge is -2.43. The highest BCUT2D eigenvalue weighted by Crippen LogP contribution is 2.35. The smallest absolute Gasteiger partial charge is 0.317 e. The summed E-state index contributed by atoms with van der Waals surface area (Å²) in [5, 5.41) is 3.01. The number of hydrogen-bond donors (Lipinski definition) is 1. The van der Waals surface area contributed by atoms with Crippen LogP contribution in [0.5, 0.6) is 0 Å². The lowest BCUT2D eigenvalue weighted by molar-refractivity contribution is 0.129. The first-order valence-electron chi connectivity index (χ1n) is 11.6. The number of amides is 2. The predicted molar refractivity (Wildman–Crippen MR) is 119 cm³/mol. The lowest BCUT2D eigenvalue weighted by atomic mass is 9.83. The van der Waals surface area contributed by atoms with Crippen molar-refractivity contribution in [3.63, 3.8) is 0 Å². The third-order valence-electron chi connectivity index (χ3n) is 6.82. The molecule has 2 bridgehead atoms. The van der Waals surface area contributed by atoms with Crippen molar-refractivity contribution in [2.75, 3.05) is 46.3 Å². The summed E-state index contributed by atoms with van der Waals surface area (Å²) in [5.74, 6) is 0.611. The van der Waals surface area contributed by atoms with Crippen molar-refractivity contribution < 1.29 is 4.79 Å². The molecule has 4 heterocycles. The topological polar surface area (TPSA) is 60.8 Å². The molecule has 166 valence electrons. The molecule has 3 aliphatic heterocycles. The van der Waals surface area contributed by atoms with E-state index < -0.39 is 0 Å². The highest BCUT2D eigenvalue weighted by atomic mass is 16.2. The minimum Gasteiger partial charge on any atom is -0.336 e. The molecule has 2 saturated heterocycles. The van der Waals surface area contributed by atoms with Crippen LogP contribution >= 0.6 is 0 Å². The molecule has 7 heteroatoms. The number of carbonyl (C=O) groups excluding carboxylic acids is 1. The Balaban J connectivity index is 1.42. The fraction of sp³-hybridized carbons (Fsp3) is 0.739. The molecule has 1 aromatic heterocycles. The van der Waals surface area contributed by atoms with Gasteiger partial charge in [0, 0.05) is 62.5 Å². The Kier molecular flexibility index (Phi) is 6.48. The van der Waals surface area contributed by atoms with Crippen molar-refractivity contribution >= 4 is 6.03 Å². The Morgan fingerprint density at radius 1 is 1.20 bits per heavy atom. The molecule has 0 spiro atoms. The van der Waals surface area contributed by atoms with Crippen LogP contribution in [0.1, 0.15) is 50.3 Å². The van der Waals surface area contributed by atoms with Gasteiger partial charge in [0.05, 0.1) is 0 Å². The maximum atomic E-state index is 13.2. The Morgan fingerprint density at radius 3 is 2.70 bits per heavy atom. The van der Waals surface area contributed by atoms with Crippen molar-refractivity contribution in [1.29, 1.82) is 0 Å². The van der Waals surface area contributed by atoms with E-state index in [0.29, 0.717) is 19.0 Å². The lowest BCUT2D eigenvalue weighted by Crippen LogP contribution is -2.53. The van der Waals surface area contributed by atoms with Gasteiger partial charge in [0.15, 0.2) is 0 Å². The average Bonchev–Trinajstić information content (AvgIpc) is 3.22. The Morgan fingerprint density at radius 2 is 1.97 bits per heavy atom. The zero-order valence-corrected chi connectivity index (χ0v) is 18.8. The van der Waals surface area contributed by atoms with Gasteiger partial charge in [0.2, 0.25) is 0 Å². The number of likely N-dealkylation sites (N-methyl/N-ethyl adjacent to an activating group) is 1. The molecular weight excluding hydrogens is 378 g/mol. The predicted octanol–water partition coefficient (Wildman–Crippen LogP) is 1.91. The number of urea groups is 1. The van der Waals surface area contributed by atoms with Gasteiger partial charge in [-0.2, -0.15) is 0 Å². The third kappa shape index (κ3) is 4.72. The number of nitrogens with one attached hydrogen (secondary N) is 1. The fourth-order valence-corrected chi connectivity index (χ4v) is 5.30. The average molecular weight is 416 g/mol. The monoisotopic (exact) mass is 415 g/mol. The molecule has 2 atom stereocenters. The van der Waals surface area contributed by atoms with Crippen LogP contribution in [0.3, 0.4) is 0 Å². The molecule has 0 aliphatic carbocycles. The van der Waals surface area contributed by atoms with Crippen LogP contribution in [0, 0.1) is 5.92 Å². The number of rotatable bonds is 6. The fourth-order valence-electron chi connectivity index (χ4n) is 5.30. The maximum absolute atomic E-state index is 13.2. The molecule has 0 saturated carbocycles. The molecule has 0 unspecified atom stereocenters. The van der Waals surface area contributed by atoms with Gasteiger partial charge < -0.3 is 24.6 Å². The third-order valence-corrected chi connectivity index (χ3v) is 6.82. The van der Waals surface area contributed by atoms with E-state index in [1.54, 1.807) is 0 Å². The van der Waals surface area contributed by atoms with Gasteiger partial charge in [-0.05, 0) is 65.2 Å². The first kappa shape index (κ1) is 21.4. The van der Waals surface area contributed by atoms with Gasteiger partial charge in [0.1, 0.15) is 0 Å². The van der Waals surface area contributed by atoms with Crippen LogP contribution < -0.4 is 10.9 Å². The molecule has 0 radical (unpaired) electrons. The minimum atomic E-state index is 0.0201. The summed E-state index contributed by atoms with van der Waals surface area (Å²) in [6.45, 7) is 11.3. The second kappa shape index (κ2) is 9.10. The molecule has 4 rings (SSSR count). The van der Waals surface area contributed by atoms with E-state index in [1.807, 2.05) is 29.4 Å². The van der Waals surface area contributed by atoms with E-state index in [-0.39, 0.29) is 23.6 Å². The molecule has 0 aromatic carbocycles. The van der Waals surface area contributed by atoms with Crippen molar-refractivity contribution in [2.24, 2.45) is 5.92 Å². The SMILES string of the molecule is CC(C)NC(=O)N1C[C@@H]2C[C@H](C1)c1ccc(CN(C)CCN3CCCC3)c(=O)n1C2. The van der Waals surface area contributed by atoms with Gasteiger partial charge in [-0.1, -0.05) is 6.07 Å². The first-order valence-corrected chi connectivity index (χ1v) is 11.6. The van der Waals surface area contributed by atoms with Gasteiger partial charge >= 0.3 is 6.03 Å². The number of nitrogens with zero attached hydrogens (tertiary/aromatic N) is 4. The number of likely N-dealkylation sites (tertiary alicyclic amines) is 2. The summed E-state index contributed by atoms with van der Waals surface area (Å²) >= 11 is 0. The van der Waals surface area contributed by atoms with Gasteiger partial charge in [-0.3, -0.25) is 4.79 Å². The van der Waals surface area contributed by atoms with E-state index in [0.717, 1.165) is 43.9 Å². The van der Waals surface area contributed by atoms with Crippen LogP contribution in [0.4, 0.5) is 4.79 Å². The summed E-state index contributed by atoms with van der Waals surface area (Å²) < 4.78 is 2.00. The van der Waals surface area contributed by atoms with E-state index in [9.17, 15) is 9.59 Å². The quantitative estimate of drug-likeness (QED) is 0.771. The number of carbonyl (C=O) groups is 1. The first-order chi connectivity index (χ1) is 14.4. The summed E-state index contributed by atoms with van der Waals surface area (Å²) in [6.07, 6.45) is 3.70. The standard InChI is InChI=1S/C23H37N5O2/c1-17(2)24-23(30)27-13-18-12-20(16-27)21-7-6-19(22(29)28(21)14-18)15-25(3)10-11-26-8-4-5-9-26/h6-7,17-18,20H,4-5,8-16H2,1-3H3,(H,24,30)/t18-,20+/m0/s1. The number of pyridine rings is 1. The Labute approximate surface area is 180 Å². The zero-order valence-electron chi connectivity index (χ0n) is 18.8. The van der Waals surface area contributed by atoms with Crippen molar-refractivity contribution in [3.05, 3.63) is 33.7 Å². The van der Waals surface area contributed by atoms with Crippen LogP contribution in [0.15, 0.2) is 16.9 Å². The molecule has 30 heavy (non-hydrogen) atoms.